The summed E-state index contributed by atoms with van der Waals surface area (Å²) in [5.74, 6) is -0.624. The SMILES string of the molecule is COc1ccc(N2C(=O)C(Nc3ccccc3C)=C(c3ccc(F)cc3)C2=O)cc1OC. The number of imide groups is 1. The van der Waals surface area contributed by atoms with Gasteiger partial charge in [0, 0.05) is 11.8 Å². The van der Waals surface area contributed by atoms with E-state index in [1.807, 2.05) is 31.2 Å². The summed E-state index contributed by atoms with van der Waals surface area (Å²) in [5, 5.41) is 3.12. The van der Waals surface area contributed by atoms with Crippen molar-refractivity contribution < 1.29 is 23.5 Å². The molecule has 7 heteroatoms. The third kappa shape index (κ3) is 3.69. The third-order valence-corrected chi connectivity index (χ3v) is 5.25. The Labute approximate surface area is 184 Å². The number of aryl methyl sites for hydroxylation is 1. The van der Waals surface area contributed by atoms with E-state index in [1.54, 1.807) is 18.2 Å². The normalized spacial score (nSPS) is 13.6. The number of anilines is 2. The number of rotatable bonds is 6. The second kappa shape index (κ2) is 8.55. The minimum absolute atomic E-state index is 0.116. The van der Waals surface area contributed by atoms with Crippen LogP contribution in [-0.4, -0.2) is 26.0 Å². The van der Waals surface area contributed by atoms with Gasteiger partial charge in [-0.15, -0.1) is 0 Å². The van der Waals surface area contributed by atoms with Gasteiger partial charge in [-0.05, 0) is 48.4 Å². The van der Waals surface area contributed by atoms with Crippen molar-refractivity contribution in [3.63, 3.8) is 0 Å². The zero-order valence-corrected chi connectivity index (χ0v) is 17.8. The molecule has 0 fully saturated rings. The van der Waals surface area contributed by atoms with Gasteiger partial charge < -0.3 is 14.8 Å². The van der Waals surface area contributed by atoms with Crippen LogP contribution in [0.4, 0.5) is 15.8 Å². The van der Waals surface area contributed by atoms with Crippen LogP contribution in [0.25, 0.3) is 5.57 Å². The van der Waals surface area contributed by atoms with E-state index in [1.165, 1.54) is 38.5 Å². The molecule has 0 atom stereocenters. The number of amides is 2. The highest BCUT2D eigenvalue weighted by molar-refractivity contribution is 6.46. The van der Waals surface area contributed by atoms with Gasteiger partial charge in [-0.2, -0.15) is 0 Å². The molecule has 32 heavy (non-hydrogen) atoms. The Kier molecular flexibility index (Phi) is 5.64. The van der Waals surface area contributed by atoms with Gasteiger partial charge in [0.15, 0.2) is 11.5 Å². The number of benzene rings is 3. The van der Waals surface area contributed by atoms with Gasteiger partial charge in [0.05, 0.1) is 25.5 Å². The van der Waals surface area contributed by atoms with Crippen LogP contribution in [0.1, 0.15) is 11.1 Å². The standard InChI is InChI=1S/C25H21FN2O4/c1-15-6-4-5-7-19(15)27-23-22(16-8-10-17(26)11-9-16)24(29)28(25(23)30)18-12-13-20(31-2)21(14-18)32-3/h4-14,27H,1-3H3. The van der Waals surface area contributed by atoms with E-state index >= 15 is 0 Å². The Morgan fingerprint density at radius 3 is 2.19 bits per heavy atom. The van der Waals surface area contributed by atoms with E-state index < -0.39 is 17.6 Å². The van der Waals surface area contributed by atoms with Crippen molar-refractivity contribution >= 4 is 28.8 Å². The number of hydrogen-bond acceptors (Lipinski definition) is 5. The first-order valence-corrected chi connectivity index (χ1v) is 9.88. The molecule has 0 radical (unpaired) electrons. The number of nitrogens with one attached hydrogen (secondary N) is 1. The lowest BCUT2D eigenvalue weighted by Gasteiger charge is -2.17. The van der Waals surface area contributed by atoms with Crippen molar-refractivity contribution in [1.82, 2.24) is 0 Å². The highest BCUT2D eigenvalue weighted by Gasteiger charge is 2.40. The summed E-state index contributed by atoms with van der Waals surface area (Å²) in [4.78, 5) is 28.0. The number of methoxy groups -OCH3 is 2. The largest absolute Gasteiger partial charge is 0.493 e. The molecule has 0 unspecified atom stereocenters. The lowest BCUT2D eigenvalue weighted by Crippen LogP contribution is -2.32. The first kappa shape index (κ1) is 21.1. The second-order valence-electron chi connectivity index (χ2n) is 7.18. The molecule has 0 saturated carbocycles. The Morgan fingerprint density at radius 2 is 1.53 bits per heavy atom. The van der Waals surface area contributed by atoms with Gasteiger partial charge in [0.25, 0.3) is 11.8 Å². The van der Waals surface area contributed by atoms with Gasteiger partial charge in [-0.3, -0.25) is 9.59 Å². The van der Waals surface area contributed by atoms with E-state index in [9.17, 15) is 14.0 Å². The van der Waals surface area contributed by atoms with Gasteiger partial charge in [0.1, 0.15) is 11.5 Å². The van der Waals surface area contributed by atoms with Crippen LogP contribution in [0, 0.1) is 12.7 Å². The molecular weight excluding hydrogens is 411 g/mol. The van der Waals surface area contributed by atoms with E-state index in [2.05, 4.69) is 5.32 Å². The summed E-state index contributed by atoms with van der Waals surface area (Å²) in [7, 11) is 2.98. The number of carbonyl (C=O) groups excluding carboxylic acids is 2. The molecule has 0 aliphatic carbocycles. The highest BCUT2D eigenvalue weighted by atomic mass is 19.1. The first-order valence-electron chi connectivity index (χ1n) is 9.88. The monoisotopic (exact) mass is 432 g/mol. The molecule has 2 amide bonds. The minimum atomic E-state index is -0.523. The Bertz CT molecular complexity index is 1230. The quantitative estimate of drug-likeness (QED) is 0.579. The summed E-state index contributed by atoms with van der Waals surface area (Å²) < 4.78 is 24.1. The van der Waals surface area contributed by atoms with Crippen LogP contribution in [0.15, 0.2) is 72.4 Å². The molecule has 162 valence electrons. The number of nitrogens with zero attached hydrogens (tertiary/aromatic N) is 1. The summed E-state index contributed by atoms with van der Waals surface area (Å²) in [5.41, 5.74) is 2.64. The van der Waals surface area contributed by atoms with Crippen LogP contribution in [0.5, 0.6) is 11.5 Å². The summed E-state index contributed by atoms with van der Waals surface area (Å²) in [6.45, 7) is 1.90. The molecule has 1 aliphatic heterocycles. The smallest absolute Gasteiger partial charge is 0.282 e. The summed E-state index contributed by atoms with van der Waals surface area (Å²) >= 11 is 0. The lowest BCUT2D eigenvalue weighted by atomic mass is 10.0. The molecule has 1 N–H and O–H groups in total. The zero-order chi connectivity index (χ0) is 22.8. The van der Waals surface area contributed by atoms with Gasteiger partial charge in [0.2, 0.25) is 0 Å². The van der Waals surface area contributed by atoms with Crippen LogP contribution in [0.3, 0.4) is 0 Å². The molecule has 0 saturated heterocycles. The number of hydrogen-bond donors (Lipinski definition) is 1. The fraction of sp³-hybridized carbons (Fsp3) is 0.120. The van der Waals surface area contributed by atoms with Crippen LogP contribution < -0.4 is 19.7 Å². The Morgan fingerprint density at radius 1 is 0.844 bits per heavy atom. The van der Waals surface area contributed by atoms with Crippen LogP contribution in [-0.2, 0) is 9.59 Å². The maximum atomic E-state index is 13.5. The molecule has 4 rings (SSSR count). The van der Waals surface area contributed by atoms with Crippen molar-refractivity contribution in [1.29, 1.82) is 0 Å². The fourth-order valence-corrected chi connectivity index (χ4v) is 3.58. The van der Waals surface area contributed by atoms with E-state index in [-0.39, 0.29) is 11.3 Å². The molecule has 3 aromatic rings. The van der Waals surface area contributed by atoms with Crippen molar-refractivity contribution in [2.24, 2.45) is 0 Å². The number of halogens is 1. The lowest BCUT2D eigenvalue weighted by molar-refractivity contribution is -0.120. The van der Waals surface area contributed by atoms with Crippen molar-refractivity contribution in [2.75, 3.05) is 24.4 Å². The third-order valence-electron chi connectivity index (χ3n) is 5.25. The van der Waals surface area contributed by atoms with E-state index in [0.29, 0.717) is 28.4 Å². The molecule has 1 aliphatic rings. The van der Waals surface area contributed by atoms with Crippen molar-refractivity contribution in [3.05, 3.63) is 89.4 Å². The van der Waals surface area contributed by atoms with Crippen molar-refractivity contribution in [2.45, 2.75) is 6.92 Å². The van der Waals surface area contributed by atoms with E-state index in [0.717, 1.165) is 10.5 Å². The Hall–Kier alpha value is -4.13. The number of para-hydroxylation sites is 1. The molecule has 0 bridgehead atoms. The first-order chi connectivity index (χ1) is 15.4. The average molecular weight is 432 g/mol. The number of carbonyl (C=O) groups is 2. The van der Waals surface area contributed by atoms with Gasteiger partial charge in [-0.1, -0.05) is 30.3 Å². The fourth-order valence-electron chi connectivity index (χ4n) is 3.58. The number of ether oxygens (including phenoxy) is 2. The predicted molar refractivity (Wildman–Crippen MR) is 120 cm³/mol. The molecule has 3 aromatic carbocycles. The predicted octanol–water partition coefficient (Wildman–Crippen LogP) is 4.55. The minimum Gasteiger partial charge on any atom is -0.493 e. The van der Waals surface area contributed by atoms with Crippen molar-refractivity contribution in [3.8, 4) is 11.5 Å². The second-order valence-corrected chi connectivity index (χ2v) is 7.18. The molecule has 6 nitrogen and oxygen atoms in total. The van der Waals surface area contributed by atoms with Gasteiger partial charge in [-0.25, -0.2) is 9.29 Å². The summed E-state index contributed by atoms with van der Waals surface area (Å²) in [6, 6.07) is 17.7. The van der Waals surface area contributed by atoms with Gasteiger partial charge >= 0.3 is 0 Å². The van der Waals surface area contributed by atoms with Crippen LogP contribution >= 0.6 is 0 Å². The molecule has 1 heterocycles. The molecular formula is C25H21FN2O4. The summed E-state index contributed by atoms with van der Waals surface area (Å²) in [6.07, 6.45) is 0. The molecule has 0 spiro atoms. The van der Waals surface area contributed by atoms with E-state index in [4.69, 9.17) is 9.47 Å². The highest BCUT2D eigenvalue weighted by Crippen LogP contribution is 2.37. The topological polar surface area (TPSA) is 67.9 Å². The van der Waals surface area contributed by atoms with Crippen LogP contribution in [0.2, 0.25) is 0 Å². The Balaban J connectivity index is 1.83. The maximum Gasteiger partial charge on any atom is 0.282 e. The molecule has 0 aromatic heterocycles. The zero-order valence-electron chi connectivity index (χ0n) is 17.8. The average Bonchev–Trinajstić information content (AvgIpc) is 3.04. The maximum absolute atomic E-state index is 13.5.